The lowest BCUT2D eigenvalue weighted by Crippen LogP contribution is -2.24. The summed E-state index contributed by atoms with van der Waals surface area (Å²) >= 11 is 0. The van der Waals surface area contributed by atoms with E-state index in [9.17, 15) is 18.0 Å². The molecule has 3 rings (SSSR count). The van der Waals surface area contributed by atoms with Gasteiger partial charge in [0.25, 0.3) is 5.91 Å². The highest BCUT2D eigenvalue weighted by Crippen LogP contribution is 2.39. The van der Waals surface area contributed by atoms with Crippen LogP contribution in [0.5, 0.6) is 17.2 Å². The van der Waals surface area contributed by atoms with E-state index in [-0.39, 0.29) is 17.9 Å². The molecule has 1 aromatic heterocycles. The van der Waals surface area contributed by atoms with Crippen LogP contribution in [0.3, 0.4) is 0 Å². The molecular weight excluding hydrogens is 475 g/mol. The van der Waals surface area contributed by atoms with Gasteiger partial charge in [-0.2, -0.15) is 13.2 Å². The lowest BCUT2D eigenvalue weighted by Gasteiger charge is -2.17. The number of alkyl halides is 3. The fourth-order valence-corrected chi connectivity index (χ4v) is 3.46. The summed E-state index contributed by atoms with van der Waals surface area (Å²) in [4.78, 5) is 21.3. The number of ether oxygens (including phenoxy) is 3. The van der Waals surface area contributed by atoms with Gasteiger partial charge in [0.1, 0.15) is 0 Å². The van der Waals surface area contributed by atoms with Crippen molar-refractivity contribution in [1.29, 1.82) is 0 Å². The minimum atomic E-state index is -4.42. The summed E-state index contributed by atoms with van der Waals surface area (Å²) in [6.45, 7) is 8.73. The highest BCUT2D eigenvalue weighted by Gasteiger charge is 2.30. The molecule has 36 heavy (non-hydrogen) atoms. The van der Waals surface area contributed by atoms with E-state index in [0.29, 0.717) is 48.3 Å². The number of carbonyl (C=O) groups is 1. The van der Waals surface area contributed by atoms with Gasteiger partial charge in [-0.25, -0.2) is 9.97 Å². The van der Waals surface area contributed by atoms with E-state index in [1.54, 1.807) is 19.1 Å². The Hall–Kier alpha value is -3.82. The summed E-state index contributed by atoms with van der Waals surface area (Å²) in [5.74, 6) is 1.40. The number of amides is 1. The number of hydrogen-bond acceptors (Lipinski definition) is 6. The molecule has 0 unspecified atom stereocenters. The molecule has 0 spiro atoms. The topological polar surface area (TPSA) is 82.6 Å². The van der Waals surface area contributed by atoms with E-state index in [4.69, 9.17) is 14.2 Å². The Morgan fingerprint density at radius 3 is 2.03 bits per heavy atom. The minimum Gasteiger partial charge on any atom is -0.490 e. The lowest BCUT2D eigenvalue weighted by molar-refractivity contribution is -0.137. The van der Waals surface area contributed by atoms with E-state index in [0.717, 1.165) is 17.7 Å². The van der Waals surface area contributed by atoms with Gasteiger partial charge in [0.15, 0.2) is 17.3 Å². The first-order valence-electron chi connectivity index (χ1n) is 11.5. The highest BCUT2D eigenvalue weighted by molar-refractivity contribution is 5.95. The Labute approximate surface area is 207 Å². The number of aromatic nitrogens is 2. The molecule has 192 valence electrons. The van der Waals surface area contributed by atoms with Crippen molar-refractivity contribution in [1.82, 2.24) is 15.3 Å². The summed E-state index contributed by atoms with van der Waals surface area (Å²) in [6, 6.07) is 8.12. The Kier molecular flexibility index (Phi) is 8.73. The normalized spacial score (nSPS) is 11.2. The van der Waals surface area contributed by atoms with E-state index in [1.165, 1.54) is 18.3 Å². The molecule has 0 aliphatic carbocycles. The van der Waals surface area contributed by atoms with Crippen molar-refractivity contribution in [2.24, 2.45) is 0 Å². The van der Waals surface area contributed by atoms with Crippen LogP contribution in [0.25, 0.3) is 11.4 Å². The Morgan fingerprint density at radius 2 is 1.53 bits per heavy atom. The third kappa shape index (κ3) is 6.44. The van der Waals surface area contributed by atoms with E-state index in [2.05, 4.69) is 15.3 Å². The highest BCUT2D eigenvalue weighted by atomic mass is 19.4. The van der Waals surface area contributed by atoms with Crippen LogP contribution in [0.15, 0.2) is 42.6 Å². The van der Waals surface area contributed by atoms with Crippen LogP contribution in [-0.2, 0) is 12.7 Å². The molecule has 0 atom stereocenters. The van der Waals surface area contributed by atoms with Crippen molar-refractivity contribution in [3.05, 3.63) is 65.0 Å². The molecule has 1 amide bonds. The molecule has 7 nitrogen and oxygen atoms in total. The van der Waals surface area contributed by atoms with Crippen molar-refractivity contribution in [2.75, 3.05) is 19.8 Å². The second-order valence-corrected chi connectivity index (χ2v) is 7.67. The number of nitrogens with one attached hydrogen (secondary N) is 1. The first-order valence-corrected chi connectivity index (χ1v) is 11.5. The first kappa shape index (κ1) is 26.8. The molecule has 1 heterocycles. The third-order valence-electron chi connectivity index (χ3n) is 5.12. The van der Waals surface area contributed by atoms with Gasteiger partial charge in [-0.1, -0.05) is 12.1 Å². The molecule has 0 radical (unpaired) electrons. The summed E-state index contributed by atoms with van der Waals surface area (Å²) in [7, 11) is 0. The molecule has 0 saturated carbocycles. The smallest absolute Gasteiger partial charge is 0.416 e. The molecular formula is C26H28F3N3O4. The maximum atomic E-state index is 12.8. The van der Waals surface area contributed by atoms with Crippen molar-refractivity contribution in [3.63, 3.8) is 0 Å². The van der Waals surface area contributed by atoms with Gasteiger partial charge < -0.3 is 19.5 Å². The summed E-state index contributed by atoms with van der Waals surface area (Å²) < 4.78 is 55.5. The SMILES string of the molecule is CCOc1cc(CNC(=O)c2cnc(-c3ccc(C(F)(F)F)cc3)nc2C)cc(OCC)c1OCC. The maximum absolute atomic E-state index is 12.8. The molecule has 1 N–H and O–H groups in total. The summed E-state index contributed by atoms with van der Waals surface area (Å²) in [6.07, 6.45) is -3.06. The molecule has 10 heteroatoms. The first-order chi connectivity index (χ1) is 17.2. The van der Waals surface area contributed by atoms with Crippen molar-refractivity contribution in [3.8, 4) is 28.6 Å². The molecule has 2 aromatic carbocycles. The second kappa shape index (κ2) is 11.7. The number of hydrogen-bond donors (Lipinski definition) is 1. The maximum Gasteiger partial charge on any atom is 0.416 e. The van der Waals surface area contributed by atoms with Gasteiger partial charge in [-0.3, -0.25) is 4.79 Å². The molecule has 0 bridgehead atoms. The van der Waals surface area contributed by atoms with Crippen molar-refractivity contribution >= 4 is 5.91 Å². The number of carbonyl (C=O) groups excluding carboxylic acids is 1. The molecule has 0 aliphatic rings. The van der Waals surface area contributed by atoms with Gasteiger partial charge in [0.2, 0.25) is 5.75 Å². The van der Waals surface area contributed by atoms with Gasteiger partial charge in [0, 0.05) is 18.3 Å². The minimum absolute atomic E-state index is 0.186. The molecule has 0 aliphatic heterocycles. The zero-order valence-corrected chi connectivity index (χ0v) is 20.5. The van der Waals surface area contributed by atoms with Crippen LogP contribution < -0.4 is 19.5 Å². The molecule has 0 saturated heterocycles. The van der Waals surface area contributed by atoms with Crippen LogP contribution in [0.4, 0.5) is 13.2 Å². The lowest BCUT2D eigenvalue weighted by atomic mass is 10.1. The number of halogens is 3. The zero-order valence-electron chi connectivity index (χ0n) is 20.5. The average molecular weight is 504 g/mol. The van der Waals surface area contributed by atoms with Crippen LogP contribution in [0, 0.1) is 6.92 Å². The van der Waals surface area contributed by atoms with Crippen molar-refractivity contribution in [2.45, 2.75) is 40.4 Å². The van der Waals surface area contributed by atoms with Crippen LogP contribution >= 0.6 is 0 Å². The Morgan fingerprint density at radius 1 is 0.944 bits per heavy atom. The van der Waals surface area contributed by atoms with Gasteiger partial charge in [-0.05, 0) is 57.5 Å². The standard InChI is InChI=1S/C26H28F3N3O4/c1-5-34-21-12-17(13-22(35-6-2)23(21)36-7-3)14-31-25(33)20-15-30-24(32-16(20)4)18-8-10-19(11-9-18)26(27,28)29/h8-13,15H,5-7,14H2,1-4H3,(H,31,33). The van der Waals surface area contributed by atoms with Crippen LogP contribution in [0.2, 0.25) is 0 Å². The molecule has 0 fully saturated rings. The predicted octanol–water partition coefficient (Wildman–Crippen LogP) is 5.60. The number of nitrogens with zero attached hydrogens (tertiary/aromatic N) is 2. The average Bonchev–Trinajstić information content (AvgIpc) is 2.84. The van der Waals surface area contributed by atoms with Crippen LogP contribution in [0.1, 0.15) is 48.0 Å². The van der Waals surface area contributed by atoms with Gasteiger partial charge in [0.05, 0.1) is 36.6 Å². The fourth-order valence-electron chi connectivity index (χ4n) is 3.46. The summed E-state index contributed by atoms with van der Waals surface area (Å²) in [5.41, 5.74) is 1.06. The van der Waals surface area contributed by atoms with Gasteiger partial charge in [-0.15, -0.1) is 0 Å². The Bertz CT molecular complexity index is 1170. The van der Waals surface area contributed by atoms with Gasteiger partial charge >= 0.3 is 6.18 Å². The third-order valence-corrected chi connectivity index (χ3v) is 5.12. The van der Waals surface area contributed by atoms with E-state index < -0.39 is 17.6 Å². The summed E-state index contributed by atoms with van der Waals surface area (Å²) in [5, 5.41) is 2.83. The zero-order chi connectivity index (χ0) is 26.3. The van der Waals surface area contributed by atoms with E-state index >= 15 is 0 Å². The molecule has 3 aromatic rings. The predicted molar refractivity (Wildman–Crippen MR) is 128 cm³/mol. The Balaban J connectivity index is 1.76. The van der Waals surface area contributed by atoms with Crippen molar-refractivity contribution < 1.29 is 32.2 Å². The number of rotatable bonds is 10. The number of benzene rings is 2. The second-order valence-electron chi connectivity index (χ2n) is 7.67. The number of aryl methyl sites for hydroxylation is 1. The fraction of sp³-hybridized carbons (Fsp3) is 0.346. The van der Waals surface area contributed by atoms with E-state index in [1.807, 2.05) is 20.8 Å². The monoisotopic (exact) mass is 503 g/mol. The van der Waals surface area contributed by atoms with Crippen LogP contribution in [-0.4, -0.2) is 35.7 Å². The quantitative estimate of drug-likeness (QED) is 0.388. The largest absolute Gasteiger partial charge is 0.490 e.